The Morgan fingerprint density at radius 2 is 2.05 bits per heavy atom. The van der Waals surface area contributed by atoms with E-state index in [1.54, 1.807) is 0 Å². The van der Waals surface area contributed by atoms with Crippen LogP contribution in [0, 0.1) is 0 Å². The standard InChI is InChI=1S/C17H27ClN2S/c1-2-9-19-17(15-4-6-16(18)7-5-15)8-11-20-10-3-13-21-14-12-20/h4-7,17,19H,2-3,8-14H2,1H3. The van der Waals surface area contributed by atoms with Gasteiger partial charge in [0, 0.05) is 23.4 Å². The van der Waals surface area contributed by atoms with E-state index >= 15 is 0 Å². The van der Waals surface area contributed by atoms with Crippen molar-refractivity contribution in [2.45, 2.75) is 32.2 Å². The molecule has 1 N–H and O–H groups in total. The SMILES string of the molecule is CCCNC(CCN1CCCSCC1)c1ccc(Cl)cc1. The van der Waals surface area contributed by atoms with Crippen molar-refractivity contribution < 1.29 is 0 Å². The third-order valence-electron chi connectivity index (χ3n) is 3.96. The smallest absolute Gasteiger partial charge is 0.0406 e. The fraction of sp³-hybridized carbons (Fsp3) is 0.647. The summed E-state index contributed by atoms with van der Waals surface area (Å²) in [7, 11) is 0. The Morgan fingerprint density at radius 1 is 1.24 bits per heavy atom. The number of nitrogens with zero attached hydrogens (tertiary/aromatic N) is 1. The summed E-state index contributed by atoms with van der Waals surface area (Å²) in [5.74, 6) is 2.61. The van der Waals surface area contributed by atoms with Gasteiger partial charge in [0.2, 0.25) is 0 Å². The van der Waals surface area contributed by atoms with Crippen molar-refractivity contribution in [2.75, 3.05) is 37.7 Å². The van der Waals surface area contributed by atoms with Gasteiger partial charge in [-0.05, 0) is 62.3 Å². The summed E-state index contributed by atoms with van der Waals surface area (Å²) in [4.78, 5) is 2.62. The average molecular weight is 327 g/mol. The monoisotopic (exact) mass is 326 g/mol. The Hall–Kier alpha value is -0.220. The molecule has 2 rings (SSSR count). The van der Waals surface area contributed by atoms with Gasteiger partial charge >= 0.3 is 0 Å². The van der Waals surface area contributed by atoms with Crippen LogP contribution in [0.1, 0.15) is 37.8 Å². The highest BCUT2D eigenvalue weighted by atomic mass is 35.5. The number of thioether (sulfide) groups is 1. The molecule has 21 heavy (non-hydrogen) atoms. The molecule has 0 bridgehead atoms. The quantitative estimate of drug-likeness (QED) is 0.808. The van der Waals surface area contributed by atoms with Gasteiger partial charge in [-0.3, -0.25) is 0 Å². The first-order valence-electron chi connectivity index (χ1n) is 8.08. The lowest BCUT2D eigenvalue weighted by Crippen LogP contribution is -2.31. The van der Waals surface area contributed by atoms with Crippen molar-refractivity contribution >= 4 is 23.4 Å². The van der Waals surface area contributed by atoms with E-state index in [0.717, 1.165) is 11.6 Å². The molecule has 0 aliphatic carbocycles. The molecule has 2 nitrogen and oxygen atoms in total. The van der Waals surface area contributed by atoms with Crippen LogP contribution in [0.4, 0.5) is 0 Å². The maximum absolute atomic E-state index is 6.01. The Morgan fingerprint density at radius 3 is 2.81 bits per heavy atom. The maximum Gasteiger partial charge on any atom is 0.0406 e. The van der Waals surface area contributed by atoms with E-state index in [9.17, 15) is 0 Å². The maximum atomic E-state index is 6.01. The average Bonchev–Trinajstić information content (AvgIpc) is 2.77. The fourth-order valence-electron chi connectivity index (χ4n) is 2.73. The van der Waals surface area contributed by atoms with Crippen molar-refractivity contribution in [3.63, 3.8) is 0 Å². The van der Waals surface area contributed by atoms with Gasteiger partial charge in [-0.25, -0.2) is 0 Å². The topological polar surface area (TPSA) is 15.3 Å². The summed E-state index contributed by atoms with van der Waals surface area (Å²) >= 11 is 8.10. The summed E-state index contributed by atoms with van der Waals surface area (Å²) in [6.07, 6.45) is 3.68. The Labute approximate surface area is 138 Å². The molecule has 1 aromatic rings. The normalized spacial score (nSPS) is 18.4. The van der Waals surface area contributed by atoms with Gasteiger partial charge in [0.15, 0.2) is 0 Å². The van der Waals surface area contributed by atoms with Gasteiger partial charge < -0.3 is 10.2 Å². The molecule has 0 radical (unpaired) electrons. The second kappa shape index (κ2) is 9.73. The highest BCUT2D eigenvalue weighted by Crippen LogP contribution is 2.20. The van der Waals surface area contributed by atoms with E-state index in [2.05, 4.69) is 41.0 Å². The van der Waals surface area contributed by atoms with Gasteiger partial charge in [0.1, 0.15) is 0 Å². The molecule has 0 saturated carbocycles. The molecular formula is C17H27ClN2S. The zero-order valence-electron chi connectivity index (χ0n) is 13.0. The predicted octanol–water partition coefficient (Wildman–Crippen LogP) is 4.21. The van der Waals surface area contributed by atoms with Gasteiger partial charge in [0.05, 0.1) is 0 Å². The molecule has 1 aliphatic rings. The van der Waals surface area contributed by atoms with E-state index in [4.69, 9.17) is 11.6 Å². The second-order valence-electron chi connectivity index (χ2n) is 5.65. The molecule has 1 unspecified atom stereocenters. The van der Waals surface area contributed by atoms with Crippen LogP contribution in [0.15, 0.2) is 24.3 Å². The van der Waals surface area contributed by atoms with Gasteiger partial charge in [-0.1, -0.05) is 30.7 Å². The minimum Gasteiger partial charge on any atom is -0.310 e. The lowest BCUT2D eigenvalue weighted by molar-refractivity contribution is 0.275. The second-order valence-corrected chi connectivity index (χ2v) is 7.32. The zero-order valence-corrected chi connectivity index (χ0v) is 14.6. The van der Waals surface area contributed by atoms with Crippen LogP contribution in [-0.2, 0) is 0 Å². The van der Waals surface area contributed by atoms with Crippen LogP contribution in [0.25, 0.3) is 0 Å². The highest BCUT2D eigenvalue weighted by Gasteiger charge is 2.14. The van der Waals surface area contributed by atoms with Crippen LogP contribution in [0.2, 0.25) is 5.02 Å². The van der Waals surface area contributed by atoms with Crippen LogP contribution in [-0.4, -0.2) is 42.6 Å². The molecule has 1 atom stereocenters. The first-order valence-corrected chi connectivity index (χ1v) is 9.62. The lowest BCUT2D eigenvalue weighted by atomic mass is 10.0. The van der Waals surface area contributed by atoms with Crippen LogP contribution >= 0.6 is 23.4 Å². The predicted molar refractivity (Wildman–Crippen MR) is 95.5 cm³/mol. The fourth-order valence-corrected chi connectivity index (χ4v) is 3.78. The molecule has 0 amide bonds. The van der Waals surface area contributed by atoms with Crippen molar-refractivity contribution in [2.24, 2.45) is 0 Å². The zero-order chi connectivity index (χ0) is 14.9. The molecule has 0 aromatic heterocycles. The molecule has 4 heteroatoms. The molecule has 1 saturated heterocycles. The number of nitrogens with one attached hydrogen (secondary N) is 1. The van der Waals surface area contributed by atoms with E-state index in [1.807, 2.05) is 12.1 Å². The molecule has 1 heterocycles. The number of hydrogen-bond acceptors (Lipinski definition) is 3. The molecule has 1 fully saturated rings. The Kier molecular flexibility index (Phi) is 7.94. The third-order valence-corrected chi connectivity index (χ3v) is 5.26. The third kappa shape index (κ3) is 6.19. The van der Waals surface area contributed by atoms with E-state index in [1.165, 1.54) is 56.0 Å². The summed E-state index contributed by atoms with van der Waals surface area (Å²) in [5.41, 5.74) is 1.36. The van der Waals surface area contributed by atoms with Crippen molar-refractivity contribution in [1.82, 2.24) is 10.2 Å². The van der Waals surface area contributed by atoms with E-state index in [-0.39, 0.29) is 0 Å². The lowest BCUT2D eigenvalue weighted by Gasteiger charge is -2.24. The minimum atomic E-state index is 0.443. The van der Waals surface area contributed by atoms with Crippen molar-refractivity contribution in [3.8, 4) is 0 Å². The van der Waals surface area contributed by atoms with Crippen LogP contribution < -0.4 is 5.32 Å². The molecular weight excluding hydrogens is 300 g/mol. The number of hydrogen-bond donors (Lipinski definition) is 1. The summed E-state index contributed by atoms with van der Waals surface area (Å²) in [6, 6.07) is 8.76. The minimum absolute atomic E-state index is 0.443. The van der Waals surface area contributed by atoms with Gasteiger partial charge in [0.25, 0.3) is 0 Å². The summed E-state index contributed by atoms with van der Waals surface area (Å²) in [5, 5.41) is 4.50. The largest absolute Gasteiger partial charge is 0.310 e. The van der Waals surface area contributed by atoms with Gasteiger partial charge in [-0.2, -0.15) is 11.8 Å². The van der Waals surface area contributed by atoms with Crippen molar-refractivity contribution in [1.29, 1.82) is 0 Å². The molecule has 118 valence electrons. The van der Waals surface area contributed by atoms with Crippen LogP contribution in [0.3, 0.4) is 0 Å². The number of halogens is 1. The molecule has 1 aromatic carbocycles. The number of rotatable bonds is 7. The Balaban J connectivity index is 1.90. The van der Waals surface area contributed by atoms with E-state index in [0.29, 0.717) is 6.04 Å². The molecule has 0 spiro atoms. The Bertz CT molecular complexity index is 388. The molecule has 1 aliphatic heterocycles. The first-order chi connectivity index (χ1) is 10.3. The summed E-state index contributed by atoms with van der Waals surface area (Å²) < 4.78 is 0. The first kappa shape index (κ1) is 17.1. The summed E-state index contributed by atoms with van der Waals surface area (Å²) in [6.45, 7) is 6.98. The van der Waals surface area contributed by atoms with Gasteiger partial charge in [-0.15, -0.1) is 0 Å². The highest BCUT2D eigenvalue weighted by molar-refractivity contribution is 7.99. The van der Waals surface area contributed by atoms with Crippen LogP contribution in [0.5, 0.6) is 0 Å². The van der Waals surface area contributed by atoms with E-state index < -0.39 is 0 Å². The van der Waals surface area contributed by atoms with Crippen molar-refractivity contribution in [3.05, 3.63) is 34.9 Å². The number of benzene rings is 1.